The highest BCUT2D eigenvalue weighted by molar-refractivity contribution is 5.71. The fourth-order valence-corrected chi connectivity index (χ4v) is 6.70. The second-order valence-electron chi connectivity index (χ2n) is 17.1. The van der Waals surface area contributed by atoms with Crippen LogP contribution in [0.25, 0.3) is 0 Å². The summed E-state index contributed by atoms with van der Waals surface area (Å²) < 4.78 is 16.7. The van der Waals surface area contributed by atoms with Gasteiger partial charge in [-0.05, 0) is 116 Å². The van der Waals surface area contributed by atoms with E-state index < -0.39 is 6.10 Å². The van der Waals surface area contributed by atoms with E-state index in [-0.39, 0.29) is 44.0 Å². The van der Waals surface area contributed by atoms with Crippen LogP contribution in [0.4, 0.5) is 0 Å². The van der Waals surface area contributed by atoms with E-state index in [9.17, 15) is 14.4 Å². The maximum Gasteiger partial charge on any atom is 0.306 e. The number of carbonyl (C=O) groups is 3. The zero-order valence-corrected chi connectivity index (χ0v) is 42.0. The van der Waals surface area contributed by atoms with E-state index >= 15 is 0 Å². The number of allylic oxidation sites excluding steroid dienone is 18. The van der Waals surface area contributed by atoms with Crippen LogP contribution in [0.15, 0.2) is 109 Å². The van der Waals surface area contributed by atoms with E-state index in [2.05, 4.69) is 124 Å². The Morgan fingerprint density at radius 3 is 1.02 bits per heavy atom. The van der Waals surface area contributed by atoms with Crippen LogP contribution in [0.2, 0.25) is 0 Å². The van der Waals surface area contributed by atoms with Crippen LogP contribution in [0.1, 0.15) is 226 Å². The minimum absolute atomic E-state index is 0.117. The van der Waals surface area contributed by atoms with Gasteiger partial charge in [0, 0.05) is 19.3 Å². The Balaban J connectivity index is 4.54. The second-order valence-corrected chi connectivity index (χ2v) is 17.1. The molecular weight excluding hydrogens is 805 g/mol. The monoisotopic (exact) mass is 901 g/mol. The number of ether oxygens (including phenoxy) is 3. The number of hydrogen-bond donors (Lipinski definition) is 0. The Hall–Kier alpha value is -3.93. The Kier molecular flexibility index (Phi) is 49.5. The smallest absolute Gasteiger partial charge is 0.306 e. The molecule has 0 saturated heterocycles. The lowest BCUT2D eigenvalue weighted by Gasteiger charge is -2.18. The minimum Gasteiger partial charge on any atom is -0.462 e. The van der Waals surface area contributed by atoms with E-state index in [0.29, 0.717) is 12.8 Å². The summed E-state index contributed by atoms with van der Waals surface area (Å²) in [6.45, 7) is 6.44. The number of hydrogen-bond acceptors (Lipinski definition) is 6. The van der Waals surface area contributed by atoms with Crippen LogP contribution in [0, 0.1) is 0 Å². The van der Waals surface area contributed by atoms with Crippen LogP contribution >= 0.6 is 0 Å². The molecule has 0 aliphatic heterocycles. The van der Waals surface area contributed by atoms with Crippen molar-refractivity contribution in [3.8, 4) is 0 Å². The number of rotatable bonds is 46. The molecule has 0 amide bonds. The summed E-state index contributed by atoms with van der Waals surface area (Å²) in [6.07, 6.45) is 70.8. The standard InChI is InChI=1S/C59H96O6/c1-4-7-10-13-16-19-22-24-26-28-29-31-32-34-37-40-43-46-49-52-58(61)64-55-56(54-63-57(60)51-48-45-42-39-36-21-18-15-12-9-6-3)65-59(62)53-50-47-44-41-38-35-33-30-27-25-23-20-17-14-11-8-5-2/h15-20,24-27,29,31,33-35,37,43,46,56H,4-14,21-23,28,30,32,36,38-42,44-45,47-55H2,1-3H3/b18-15-,19-16-,20-17-,26-24-,27-25-,31-29-,35-33-,37-34-,46-43-/t56-/m0/s1. The average Bonchev–Trinajstić information content (AvgIpc) is 3.30. The topological polar surface area (TPSA) is 78.9 Å². The van der Waals surface area contributed by atoms with Crippen molar-refractivity contribution in [2.75, 3.05) is 13.2 Å². The molecule has 0 saturated carbocycles. The summed E-state index contributed by atoms with van der Waals surface area (Å²) >= 11 is 0. The molecule has 0 bridgehead atoms. The predicted octanol–water partition coefficient (Wildman–Crippen LogP) is 17.5. The van der Waals surface area contributed by atoms with Gasteiger partial charge in [0.25, 0.3) is 0 Å². The zero-order chi connectivity index (χ0) is 47.2. The Labute approximate surface area is 400 Å². The van der Waals surface area contributed by atoms with Crippen LogP contribution in [-0.4, -0.2) is 37.2 Å². The van der Waals surface area contributed by atoms with Crippen molar-refractivity contribution in [1.82, 2.24) is 0 Å². The molecule has 1 atom stereocenters. The first-order chi connectivity index (χ1) is 32.0. The lowest BCUT2D eigenvalue weighted by atomic mass is 10.1. The van der Waals surface area contributed by atoms with E-state index in [0.717, 1.165) is 103 Å². The fourth-order valence-electron chi connectivity index (χ4n) is 6.70. The van der Waals surface area contributed by atoms with E-state index in [1.807, 2.05) is 6.08 Å². The first kappa shape index (κ1) is 61.1. The fraction of sp³-hybridized carbons (Fsp3) is 0.644. The molecule has 0 aliphatic rings. The second kappa shape index (κ2) is 52.7. The molecule has 6 heteroatoms. The van der Waals surface area contributed by atoms with Crippen molar-refractivity contribution in [1.29, 1.82) is 0 Å². The summed E-state index contributed by atoms with van der Waals surface area (Å²) in [7, 11) is 0. The molecule has 0 spiro atoms. The van der Waals surface area contributed by atoms with Gasteiger partial charge in [0.05, 0.1) is 0 Å². The zero-order valence-electron chi connectivity index (χ0n) is 42.0. The van der Waals surface area contributed by atoms with Crippen molar-refractivity contribution >= 4 is 17.9 Å². The van der Waals surface area contributed by atoms with Crippen LogP contribution in [-0.2, 0) is 28.6 Å². The molecule has 0 rings (SSSR count). The third-order valence-electron chi connectivity index (χ3n) is 10.7. The SMILES string of the molecule is CCCC/C=C\CCCCCCCC(=O)OC[C@@H](COC(=O)CC/C=C\C/C=C\C/C=C\C/C=C\C/C=C\CCCCC)OC(=O)CCCCCC/C=C\C/C=C\C/C=C\CCCCC. The van der Waals surface area contributed by atoms with Crippen molar-refractivity contribution in [2.45, 2.75) is 232 Å². The van der Waals surface area contributed by atoms with Gasteiger partial charge >= 0.3 is 17.9 Å². The summed E-state index contributed by atoms with van der Waals surface area (Å²) in [6, 6.07) is 0. The normalized spacial score (nSPS) is 13.0. The Morgan fingerprint density at radius 1 is 0.308 bits per heavy atom. The molecule has 0 N–H and O–H groups in total. The van der Waals surface area contributed by atoms with Gasteiger partial charge in [-0.15, -0.1) is 0 Å². The van der Waals surface area contributed by atoms with Gasteiger partial charge in [0.1, 0.15) is 13.2 Å². The molecular formula is C59H96O6. The minimum atomic E-state index is -0.824. The van der Waals surface area contributed by atoms with Crippen LogP contribution in [0.3, 0.4) is 0 Å². The Bertz CT molecular complexity index is 1360. The van der Waals surface area contributed by atoms with Crippen LogP contribution < -0.4 is 0 Å². The van der Waals surface area contributed by atoms with E-state index in [4.69, 9.17) is 14.2 Å². The number of esters is 3. The molecule has 0 aromatic heterocycles. The largest absolute Gasteiger partial charge is 0.462 e. The highest BCUT2D eigenvalue weighted by Gasteiger charge is 2.19. The molecule has 0 aromatic rings. The van der Waals surface area contributed by atoms with Gasteiger partial charge in [-0.25, -0.2) is 0 Å². The van der Waals surface area contributed by atoms with Gasteiger partial charge in [-0.2, -0.15) is 0 Å². The highest BCUT2D eigenvalue weighted by Crippen LogP contribution is 2.12. The molecule has 0 fully saturated rings. The highest BCUT2D eigenvalue weighted by atomic mass is 16.6. The lowest BCUT2D eigenvalue weighted by Crippen LogP contribution is -2.30. The van der Waals surface area contributed by atoms with Gasteiger partial charge in [0.15, 0.2) is 6.10 Å². The van der Waals surface area contributed by atoms with Gasteiger partial charge in [-0.1, -0.05) is 201 Å². The average molecular weight is 901 g/mol. The third kappa shape index (κ3) is 50.9. The van der Waals surface area contributed by atoms with E-state index in [1.54, 1.807) is 0 Å². The molecule has 0 unspecified atom stereocenters. The number of carbonyl (C=O) groups excluding carboxylic acids is 3. The number of unbranched alkanes of at least 4 members (excludes halogenated alkanes) is 17. The molecule has 0 radical (unpaired) electrons. The molecule has 65 heavy (non-hydrogen) atoms. The third-order valence-corrected chi connectivity index (χ3v) is 10.7. The molecule has 0 aromatic carbocycles. The van der Waals surface area contributed by atoms with Crippen molar-refractivity contribution in [3.05, 3.63) is 109 Å². The van der Waals surface area contributed by atoms with Crippen LogP contribution in [0.5, 0.6) is 0 Å². The quantitative estimate of drug-likeness (QED) is 0.0262. The first-order valence-electron chi connectivity index (χ1n) is 26.4. The van der Waals surface area contributed by atoms with Crippen molar-refractivity contribution in [3.63, 3.8) is 0 Å². The van der Waals surface area contributed by atoms with Gasteiger partial charge < -0.3 is 14.2 Å². The maximum absolute atomic E-state index is 12.8. The summed E-state index contributed by atoms with van der Waals surface area (Å²) in [4.78, 5) is 37.9. The Morgan fingerprint density at radius 2 is 0.600 bits per heavy atom. The molecule has 6 nitrogen and oxygen atoms in total. The van der Waals surface area contributed by atoms with Crippen molar-refractivity contribution in [2.24, 2.45) is 0 Å². The molecule has 0 heterocycles. The van der Waals surface area contributed by atoms with Crippen molar-refractivity contribution < 1.29 is 28.6 Å². The van der Waals surface area contributed by atoms with Gasteiger partial charge in [0.2, 0.25) is 0 Å². The first-order valence-corrected chi connectivity index (χ1v) is 26.4. The summed E-state index contributed by atoms with van der Waals surface area (Å²) in [5.74, 6) is -1.04. The van der Waals surface area contributed by atoms with E-state index in [1.165, 1.54) is 77.0 Å². The maximum atomic E-state index is 12.8. The lowest BCUT2D eigenvalue weighted by molar-refractivity contribution is -0.166. The predicted molar refractivity (Wildman–Crippen MR) is 279 cm³/mol. The molecule has 0 aliphatic carbocycles. The van der Waals surface area contributed by atoms with Gasteiger partial charge in [-0.3, -0.25) is 14.4 Å². The summed E-state index contributed by atoms with van der Waals surface area (Å²) in [5, 5.41) is 0. The molecule has 368 valence electrons. The summed E-state index contributed by atoms with van der Waals surface area (Å²) in [5.41, 5.74) is 0.